The Kier molecular flexibility index (Phi) is 5.52. The zero-order chi connectivity index (χ0) is 21.3. The molecule has 0 saturated heterocycles. The fourth-order valence-electron chi connectivity index (χ4n) is 2.96. The summed E-state index contributed by atoms with van der Waals surface area (Å²) in [5, 5.41) is 11.7. The van der Waals surface area contributed by atoms with E-state index in [-0.39, 0.29) is 5.56 Å². The van der Waals surface area contributed by atoms with Crippen LogP contribution in [0.1, 0.15) is 13.0 Å². The Balaban J connectivity index is 1.62. The predicted octanol–water partition coefficient (Wildman–Crippen LogP) is 4.38. The average Bonchev–Trinajstić information content (AvgIpc) is 3.20. The van der Waals surface area contributed by atoms with E-state index in [9.17, 15) is 9.59 Å². The summed E-state index contributed by atoms with van der Waals surface area (Å²) in [6.45, 7) is 1.59. The summed E-state index contributed by atoms with van der Waals surface area (Å²) >= 11 is 7.49. The first-order chi connectivity index (χ1) is 14.5. The largest absolute Gasteiger partial charge is 0.495 e. The molecule has 30 heavy (non-hydrogen) atoms. The lowest BCUT2D eigenvalue weighted by molar-refractivity contribution is -0.119. The fourth-order valence-corrected chi connectivity index (χ4v) is 4.19. The van der Waals surface area contributed by atoms with Gasteiger partial charge in [-0.2, -0.15) is 4.68 Å². The van der Waals surface area contributed by atoms with Gasteiger partial charge in [0.2, 0.25) is 5.91 Å². The zero-order valence-corrected chi connectivity index (χ0v) is 17.7. The summed E-state index contributed by atoms with van der Waals surface area (Å²) in [5.41, 5.74) is 1.11. The van der Waals surface area contributed by atoms with Crippen LogP contribution in [0.5, 0.6) is 5.75 Å². The number of nitrogens with zero attached hydrogens (tertiary/aromatic N) is 3. The highest BCUT2D eigenvalue weighted by Gasteiger charge is 2.21. The minimum Gasteiger partial charge on any atom is -0.495 e. The first-order valence-electron chi connectivity index (χ1n) is 9.07. The SMILES string of the molecule is COc1ccc(NC(=O)[C@H](C)n2nnc3sc(-c4ccccc4)cc3c2=O)cc1Cl. The van der Waals surface area contributed by atoms with Gasteiger partial charge in [0.05, 0.1) is 17.5 Å². The second-order valence-corrected chi connectivity index (χ2v) is 7.99. The molecule has 0 aliphatic carbocycles. The zero-order valence-electron chi connectivity index (χ0n) is 16.1. The van der Waals surface area contributed by atoms with E-state index < -0.39 is 11.9 Å². The number of fused-ring (bicyclic) bond motifs is 1. The Hall–Kier alpha value is -3.23. The summed E-state index contributed by atoms with van der Waals surface area (Å²) < 4.78 is 6.19. The molecule has 152 valence electrons. The normalized spacial score (nSPS) is 12.0. The van der Waals surface area contributed by atoms with Crippen molar-refractivity contribution in [2.75, 3.05) is 12.4 Å². The van der Waals surface area contributed by atoms with Crippen LogP contribution in [0.4, 0.5) is 5.69 Å². The molecule has 0 unspecified atom stereocenters. The molecular formula is C21H17ClN4O3S. The van der Waals surface area contributed by atoms with Gasteiger partial charge >= 0.3 is 0 Å². The number of anilines is 1. The van der Waals surface area contributed by atoms with Gasteiger partial charge in [-0.1, -0.05) is 47.1 Å². The van der Waals surface area contributed by atoms with Gasteiger partial charge in [-0.3, -0.25) is 9.59 Å². The number of amides is 1. The van der Waals surface area contributed by atoms with Crippen molar-refractivity contribution >= 4 is 44.7 Å². The first kappa shape index (κ1) is 20.1. The molecule has 1 atom stereocenters. The van der Waals surface area contributed by atoms with Crippen LogP contribution in [0.2, 0.25) is 5.02 Å². The van der Waals surface area contributed by atoms with Crippen molar-refractivity contribution in [1.82, 2.24) is 15.0 Å². The number of aromatic nitrogens is 3. The predicted molar refractivity (Wildman–Crippen MR) is 118 cm³/mol. The molecule has 0 bridgehead atoms. The van der Waals surface area contributed by atoms with Crippen LogP contribution < -0.4 is 15.6 Å². The van der Waals surface area contributed by atoms with Crippen LogP contribution in [0, 0.1) is 0 Å². The number of rotatable bonds is 5. The van der Waals surface area contributed by atoms with Crippen LogP contribution >= 0.6 is 22.9 Å². The smallest absolute Gasteiger partial charge is 0.279 e. The lowest BCUT2D eigenvalue weighted by atomic mass is 10.2. The maximum atomic E-state index is 13.0. The molecule has 1 amide bonds. The van der Waals surface area contributed by atoms with E-state index in [2.05, 4.69) is 15.6 Å². The van der Waals surface area contributed by atoms with Crippen molar-refractivity contribution in [2.24, 2.45) is 0 Å². The summed E-state index contributed by atoms with van der Waals surface area (Å²) in [7, 11) is 1.51. The highest BCUT2D eigenvalue weighted by molar-refractivity contribution is 7.21. The Morgan fingerprint density at radius 1 is 1.20 bits per heavy atom. The van der Waals surface area contributed by atoms with Crippen molar-refractivity contribution in [2.45, 2.75) is 13.0 Å². The molecule has 0 spiro atoms. The number of methoxy groups -OCH3 is 1. The van der Waals surface area contributed by atoms with E-state index >= 15 is 0 Å². The van der Waals surface area contributed by atoms with Crippen molar-refractivity contribution < 1.29 is 9.53 Å². The molecule has 0 aliphatic heterocycles. The Bertz CT molecular complexity index is 1290. The number of carbonyl (C=O) groups is 1. The van der Waals surface area contributed by atoms with E-state index in [1.807, 2.05) is 30.3 Å². The number of ether oxygens (including phenoxy) is 1. The van der Waals surface area contributed by atoms with Crippen molar-refractivity contribution in [3.05, 3.63) is 70.0 Å². The van der Waals surface area contributed by atoms with Gasteiger partial charge in [-0.05, 0) is 36.8 Å². The molecular weight excluding hydrogens is 424 g/mol. The molecule has 4 aromatic rings. The molecule has 0 radical (unpaired) electrons. The van der Waals surface area contributed by atoms with Gasteiger partial charge in [0, 0.05) is 10.6 Å². The van der Waals surface area contributed by atoms with E-state index in [0.29, 0.717) is 26.7 Å². The van der Waals surface area contributed by atoms with Gasteiger partial charge in [0.1, 0.15) is 11.8 Å². The molecule has 1 N–H and O–H groups in total. The van der Waals surface area contributed by atoms with Crippen LogP contribution in [-0.4, -0.2) is 28.0 Å². The number of hydrogen-bond acceptors (Lipinski definition) is 6. The lowest BCUT2D eigenvalue weighted by Crippen LogP contribution is -2.33. The van der Waals surface area contributed by atoms with Crippen LogP contribution in [0.3, 0.4) is 0 Å². The molecule has 9 heteroatoms. The third-order valence-electron chi connectivity index (χ3n) is 4.61. The van der Waals surface area contributed by atoms with E-state index in [1.54, 1.807) is 31.2 Å². The fraction of sp³-hybridized carbons (Fsp3) is 0.143. The van der Waals surface area contributed by atoms with Gasteiger partial charge in [0.25, 0.3) is 5.56 Å². The van der Waals surface area contributed by atoms with Gasteiger partial charge < -0.3 is 10.1 Å². The Morgan fingerprint density at radius 3 is 2.67 bits per heavy atom. The molecule has 2 aromatic heterocycles. The lowest BCUT2D eigenvalue weighted by Gasteiger charge is -2.14. The molecule has 0 saturated carbocycles. The van der Waals surface area contributed by atoms with E-state index in [0.717, 1.165) is 15.1 Å². The first-order valence-corrected chi connectivity index (χ1v) is 10.3. The maximum absolute atomic E-state index is 13.0. The van der Waals surface area contributed by atoms with Gasteiger partial charge in [-0.25, -0.2) is 0 Å². The van der Waals surface area contributed by atoms with Crippen LogP contribution in [-0.2, 0) is 4.79 Å². The number of benzene rings is 2. The van der Waals surface area contributed by atoms with Crippen LogP contribution in [0.25, 0.3) is 20.7 Å². The van der Waals surface area contributed by atoms with Crippen molar-refractivity contribution in [3.63, 3.8) is 0 Å². The molecule has 4 rings (SSSR count). The molecule has 2 heterocycles. The Labute approximate surface area is 180 Å². The number of hydrogen-bond donors (Lipinski definition) is 1. The van der Waals surface area contributed by atoms with E-state index in [4.69, 9.17) is 16.3 Å². The van der Waals surface area contributed by atoms with Gasteiger partial charge in [-0.15, -0.1) is 16.4 Å². The minimum absolute atomic E-state index is 0.367. The van der Waals surface area contributed by atoms with Crippen molar-refractivity contribution in [1.29, 1.82) is 0 Å². The highest BCUT2D eigenvalue weighted by atomic mass is 35.5. The standard InChI is InChI=1S/C21H17ClN4O3S/c1-12(19(27)23-14-8-9-17(29-2)16(22)10-14)26-21(28)15-11-18(30-20(15)24-25-26)13-6-4-3-5-7-13/h3-12H,1-2H3,(H,23,27)/t12-/m0/s1. The minimum atomic E-state index is -0.865. The number of carbonyl (C=O) groups excluding carboxylic acids is 1. The summed E-state index contributed by atoms with van der Waals surface area (Å²) in [6, 6.07) is 15.5. The molecule has 2 aromatic carbocycles. The quantitative estimate of drug-likeness (QED) is 0.497. The maximum Gasteiger partial charge on any atom is 0.279 e. The van der Waals surface area contributed by atoms with Gasteiger partial charge in [0.15, 0.2) is 4.83 Å². The highest BCUT2D eigenvalue weighted by Crippen LogP contribution is 2.30. The third-order valence-corrected chi connectivity index (χ3v) is 5.97. The number of halogens is 1. The second kappa shape index (κ2) is 8.25. The molecule has 7 nitrogen and oxygen atoms in total. The number of thiophene rings is 1. The Morgan fingerprint density at radius 2 is 1.97 bits per heavy atom. The second-order valence-electron chi connectivity index (χ2n) is 6.55. The monoisotopic (exact) mass is 440 g/mol. The summed E-state index contributed by atoms with van der Waals surface area (Å²) in [5.74, 6) is 0.0902. The number of nitrogens with one attached hydrogen (secondary N) is 1. The topological polar surface area (TPSA) is 86.1 Å². The third kappa shape index (κ3) is 3.79. The molecule has 0 aliphatic rings. The average molecular weight is 441 g/mol. The van der Waals surface area contributed by atoms with Crippen molar-refractivity contribution in [3.8, 4) is 16.2 Å². The molecule has 0 fully saturated rings. The van der Waals surface area contributed by atoms with E-state index in [1.165, 1.54) is 18.4 Å². The summed E-state index contributed by atoms with van der Waals surface area (Å²) in [4.78, 5) is 27.1. The van der Waals surface area contributed by atoms with Crippen LogP contribution in [0.15, 0.2) is 59.4 Å². The summed E-state index contributed by atoms with van der Waals surface area (Å²) in [6.07, 6.45) is 0.